The zero-order chi connectivity index (χ0) is 35.0. The first kappa shape index (κ1) is 35.5. The van der Waals surface area contributed by atoms with Crippen molar-refractivity contribution in [1.29, 1.82) is 0 Å². The maximum absolute atomic E-state index is 12.8. The molecule has 11 nitrogen and oxygen atoms in total. The van der Waals surface area contributed by atoms with Gasteiger partial charge in [0.05, 0.1) is 19.0 Å². The fourth-order valence-electron chi connectivity index (χ4n) is 7.91. The first-order chi connectivity index (χ1) is 24.3. The molecule has 2 saturated carbocycles. The number of carbonyl (C=O) groups excluding carboxylic acids is 2. The normalized spacial score (nSPS) is 21.7. The van der Waals surface area contributed by atoms with E-state index in [1.54, 1.807) is 13.3 Å². The van der Waals surface area contributed by atoms with E-state index in [4.69, 9.17) is 16.3 Å². The summed E-state index contributed by atoms with van der Waals surface area (Å²) >= 11 is 6.42. The molecule has 1 aliphatic heterocycles. The van der Waals surface area contributed by atoms with E-state index in [2.05, 4.69) is 60.6 Å². The molecular weight excluding hydrogens is 652 g/mol. The summed E-state index contributed by atoms with van der Waals surface area (Å²) in [5.74, 6) is 4.38. The summed E-state index contributed by atoms with van der Waals surface area (Å²) < 4.78 is 5.76. The topological polar surface area (TPSA) is 124 Å². The smallest absolute Gasteiger partial charge is 0.247 e. The third-order valence-electron chi connectivity index (χ3n) is 10.5. The average Bonchev–Trinajstić information content (AvgIpc) is 3.53. The molecule has 2 heterocycles. The second kappa shape index (κ2) is 16.6. The molecule has 0 radical (unpaired) electrons. The van der Waals surface area contributed by atoms with Crippen LogP contribution in [0, 0.1) is 23.7 Å². The van der Waals surface area contributed by atoms with Gasteiger partial charge in [-0.15, -0.1) is 0 Å². The molecule has 4 N–H and O–H groups in total. The number of halogens is 1. The molecule has 3 aromatic rings. The highest BCUT2D eigenvalue weighted by atomic mass is 35.5. The van der Waals surface area contributed by atoms with Gasteiger partial charge in [0.15, 0.2) is 5.82 Å². The maximum atomic E-state index is 12.8. The lowest BCUT2D eigenvalue weighted by Gasteiger charge is -2.36. The molecule has 0 spiro atoms. The number of nitrogens with one attached hydrogen (secondary N) is 4. The second-order valence-corrected chi connectivity index (χ2v) is 14.3. The van der Waals surface area contributed by atoms with Crippen LogP contribution in [0.4, 0.5) is 28.8 Å². The number of methoxy groups -OCH3 is 1. The summed E-state index contributed by atoms with van der Waals surface area (Å²) in [4.78, 5) is 38.2. The van der Waals surface area contributed by atoms with Gasteiger partial charge in [-0.2, -0.15) is 4.98 Å². The second-order valence-electron chi connectivity index (χ2n) is 13.8. The Morgan fingerprint density at radius 1 is 1.10 bits per heavy atom. The van der Waals surface area contributed by atoms with Crippen molar-refractivity contribution in [1.82, 2.24) is 20.2 Å². The van der Waals surface area contributed by atoms with Crippen LogP contribution in [-0.2, 0) is 16.1 Å². The molecule has 1 unspecified atom stereocenters. The molecule has 2 amide bonds. The largest absolute Gasteiger partial charge is 0.494 e. The molecule has 12 heteroatoms. The first-order valence-corrected chi connectivity index (χ1v) is 18.1. The van der Waals surface area contributed by atoms with E-state index in [-0.39, 0.29) is 11.8 Å². The van der Waals surface area contributed by atoms with E-state index in [0.717, 1.165) is 61.5 Å². The number of anilines is 5. The molecule has 6 rings (SSSR count). The van der Waals surface area contributed by atoms with E-state index in [1.807, 2.05) is 36.4 Å². The maximum Gasteiger partial charge on any atom is 0.247 e. The van der Waals surface area contributed by atoms with Crippen LogP contribution in [-0.4, -0.2) is 73.1 Å². The number of amides is 2. The SMILES string of the molecule is C=CC(=O)Nc1cccc(CNc2nc(Nc3ccc(N4CCN(CCNC(=O)CC5[C@H]6CC[C@H](C6)C[C@@H]5C)CC4)cc3OC)ncc2Cl)c1. The quantitative estimate of drug-likeness (QED) is 0.143. The van der Waals surface area contributed by atoms with Gasteiger partial charge in [0.2, 0.25) is 17.8 Å². The molecule has 2 bridgehead atoms. The number of ether oxygens (including phenoxy) is 1. The van der Waals surface area contributed by atoms with Gasteiger partial charge in [0, 0.05) is 69.7 Å². The molecule has 4 atom stereocenters. The molecule has 50 heavy (non-hydrogen) atoms. The predicted molar refractivity (Wildman–Crippen MR) is 200 cm³/mol. The van der Waals surface area contributed by atoms with Gasteiger partial charge in [0.1, 0.15) is 10.8 Å². The first-order valence-electron chi connectivity index (χ1n) is 17.8. The Bertz CT molecular complexity index is 1660. The molecule has 1 aromatic heterocycles. The molecule has 2 aromatic carbocycles. The number of aromatic nitrogens is 2. The number of fused-ring (bicyclic) bond motifs is 2. The van der Waals surface area contributed by atoms with Gasteiger partial charge in [-0.05, 0) is 78.8 Å². The number of hydrogen-bond donors (Lipinski definition) is 4. The monoisotopic (exact) mass is 700 g/mol. The summed E-state index contributed by atoms with van der Waals surface area (Å²) in [5.41, 5.74) is 3.43. The van der Waals surface area contributed by atoms with Crippen molar-refractivity contribution in [2.75, 3.05) is 67.2 Å². The van der Waals surface area contributed by atoms with Crippen LogP contribution in [0.15, 0.2) is 61.3 Å². The Kier molecular flexibility index (Phi) is 11.8. The lowest BCUT2D eigenvalue weighted by atomic mass is 9.71. The number of hydrogen-bond acceptors (Lipinski definition) is 9. The average molecular weight is 701 g/mol. The fraction of sp³-hybridized carbons (Fsp3) is 0.474. The van der Waals surface area contributed by atoms with Crippen molar-refractivity contribution >= 4 is 52.2 Å². The molecule has 2 aliphatic carbocycles. The van der Waals surface area contributed by atoms with Crippen molar-refractivity contribution in [3.63, 3.8) is 0 Å². The molecule has 1 saturated heterocycles. The van der Waals surface area contributed by atoms with Crippen molar-refractivity contribution < 1.29 is 14.3 Å². The van der Waals surface area contributed by atoms with Gasteiger partial charge in [-0.25, -0.2) is 4.98 Å². The van der Waals surface area contributed by atoms with E-state index in [0.29, 0.717) is 59.6 Å². The highest BCUT2D eigenvalue weighted by Crippen LogP contribution is 2.49. The Labute approximate surface area is 300 Å². The zero-order valence-electron chi connectivity index (χ0n) is 29.1. The van der Waals surface area contributed by atoms with Crippen molar-refractivity contribution in [3.8, 4) is 5.75 Å². The highest BCUT2D eigenvalue weighted by Gasteiger charge is 2.40. The van der Waals surface area contributed by atoms with Crippen molar-refractivity contribution in [2.24, 2.45) is 23.7 Å². The Hall–Kier alpha value is -4.35. The Morgan fingerprint density at radius 2 is 1.94 bits per heavy atom. The van der Waals surface area contributed by atoms with Crippen LogP contribution in [0.3, 0.4) is 0 Å². The van der Waals surface area contributed by atoms with Gasteiger partial charge < -0.3 is 30.9 Å². The van der Waals surface area contributed by atoms with E-state index >= 15 is 0 Å². The summed E-state index contributed by atoms with van der Waals surface area (Å²) in [7, 11) is 1.65. The molecule has 3 aliphatic rings. The summed E-state index contributed by atoms with van der Waals surface area (Å²) in [6, 6.07) is 13.6. The number of carbonyl (C=O) groups is 2. The zero-order valence-corrected chi connectivity index (χ0v) is 29.8. The van der Waals surface area contributed by atoms with Crippen LogP contribution in [0.5, 0.6) is 5.75 Å². The third kappa shape index (κ3) is 9.05. The summed E-state index contributed by atoms with van der Waals surface area (Å²) in [6.07, 6.45) is 8.79. The van der Waals surface area contributed by atoms with Gasteiger partial charge in [-0.1, -0.05) is 43.7 Å². The van der Waals surface area contributed by atoms with E-state index in [1.165, 1.54) is 31.8 Å². The lowest BCUT2D eigenvalue weighted by Crippen LogP contribution is -2.48. The molecular formula is C38H49ClN8O3. The lowest BCUT2D eigenvalue weighted by molar-refractivity contribution is -0.123. The van der Waals surface area contributed by atoms with Crippen LogP contribution in [0.25, 0.3) is 0 Å². The Balaban J connectivity index is 0.971. The summed E-state index contributed by atoms with van der Waals surface area (Å²) in [6.45, 7) is 11.5. The third-order valence-corrected chi connectivity index (χ3v) is 10.8. The van der Waals surface area contributed by atoms with Crippen LogP contribution in [0.2, 0.25) is 5.02 Å². The van der Waals surface area contributed by atoms with Crippen molar-refractivity contribution in [3.05, 3.63) is 71.9 Å². The minimum atomic E-state index is -0.269. The Morgan fingerprint density at radius 3 is 2.74 bits per heavy atom. The minimum Gasteiger partial charge on any atom is -0.494 e. The molecule has 266 valence electrons. The number of benzene rings is 2. The van der Waals surface area contributed by atoms with Crippen LogP contribution >= 0.6 is 11.6 Å². The van der Waals surface area contributed by atoms with Crippen LogP contribution in [0.1, 0.15) is 44.6 Å². The number of nitrogens with zero attached hydrogens (tertiary/aromatic N) is 4. The van der Waals surface area contributed by atoms with E-state index < -0.39 is 0 Å². The predicted octanol–water partition coefficient (Wildman–Crippen LogP) is 6.32. The van der Waals surface area contributed by atoms with Gasteiger partial charge in [0.25, 0.3) is 0 Å². The van der Waals surface area contributed by atoms with Gasteiger partial charge >= 0.3 is 0 Å². The number of rotatable bonds is 14. The highest BCUT2D eigenvalue weighted by molar-refractivity contribution is 6.32. The minimum absolute atomic E-state index is 0.223. The van der Waals surface area contributed by atoms with Gasteiger partial charge in [-0.3, -0.25) is 14.5 Å². The number of piperazine rings is 1. The standard InChI is InChI=1S/C38H49ClN8O3/c1-4-35(48)43-29-7-5-6-27(20-29)23-41-37-32(39)24-42-38(45-37)44-33-11-10-30(21-34(33)50-3)47-16-14-46(15-17-47)13-12-40-36(49)22-31-25(2)18-26-8-9-28(31)19-26/h4-7,10-11,20-21,24-26,28,31H,1,8-9,12-19,22-23H2,2-3H3,(H,40,49)(H,43,48)(H2,41,42,44,45)/t25-,26-,28-,31?/m0/s1. The molecule has 3 fully saturated rings. The van der Waals surface area contributed by atoms with Crippen LogP contribution < -0.4 is 30.9 Å². The van der Waals surface area contributed by atoms with Crippen molar-refractivity contribution in [2.45, 2.75) is 45.6 Å². The fourth-order valence-corrected chi connectivity index (χ4v) is 8.07. The van der Waals surface area contributed by atoms with E-state index in [9.17, 15) is 9.59 Å². The summed E-state index contributed by atoms with van der Waals surface area (Å²) in [5, 5.41) is 12.9.